The van der Waals surface area contributed by atoms with Gasteiger partial charge in [0.05, 0.1) is 0 Å². The van der Waals surface area contributed by atoms with E-state index < -0.39 is 0 Å². The summed E-state index contributed by atoms with van der Waals surface area (Å²) in [4.78, 5) is 0. The van der Waals surface area contributed by atoms with Gasteiger partial charge in [-0.3, -0.25) is 0 Å². The highest BCUT2D eigenvalue weighted by Gasteiger charge is 2.03. The quantitative estimate of drug-likeness (QED) is 0.524. The molecule has 2 nitrogen and oxygen atoms in total. The van der Waals surface area contributed by atoms with Gasteiger partial charge in [0, 0.05) is 6.07 Å². The van der Waals surface area contributed by atoms with Crippen molar-refractivity contribution in [3.05, 3.63) is 89.7 Å². The van der Waals surface area contributed by atoms with Crippen LogP contribution in [0.4, 0.5) is 4.39 Å². The van der Waals surface area contributed by atoms with Crippen molar-refractivity contribution in [3.8, 4) is 17.2 Å². The van der Waals surface area contributed by atoms with E-state index >= 15 is 0 Å². The SMILES string of the molecule is CC(C)c1ccc(Oc2cccc(OCc3cccc(F)c3)c2)cc1. The molecule has 3 heteroatoms. The summed E-state index contributed by atoms with van der Waals surface area (Å²) < 4.78 is 24.8. The molecule has 0 aliphatic rings. The average molecular weight is 336 g/mol. The van der Waals surface area contributed by atoms with Crippen molar-refractivity contribution in [2.75, 3.05) is 0 Å². The Hall–Kier alpha value is -2.81. The van der Waals surface area contributed by atoms with Crippen LogP contribution in [0.15, 0.2) is 72.8 Å². The van der Waals surface area contributed by atoms with Gasteiger partial charge in [0.2, 0.25) is 0 Å². The minimum absolute atomic E-state index is 0.261. The van der Waals surface area contributed by atoms with Crippen molar-refractivity contribution in [1.82, 2.24) is 0 Å². The van der Waals surface area contributed by atoms with Crippen LogP contribution in [0.2, 0.25) is 0 Å². The largest absolute Gasteiger partial charge is 0.489 e. The monoisotopic (exact) mass is 336 g/mol. The summed E-state index contributed by atoms with van der Waals surface area (Å²) in [6, 6.07) is 21.9. The van der Waals surface area contributed by atoms with Gasteiger partial charge < -0.3 is 9.47 Å². The van der Waals surface area contributed by atoms with Crippen molar-refractivity contribution in [2.24, 2.45) is 0 Å². The van der Waals surface area contributed by atoms with Gasteiger partial charge in [-0.2, -0.15) is 0 Å². The van der Waals surface area contributed by atoms with Gasteiger partial charge in [-0.05, 0) is 53.4 Å². The molecule has 128 valence electrons. The van der Waals surface area contributed by atoms with Crippen LogP contribution in [0.25, 0.3) is 0 Å². The maximum absolute atomic E-state index is 13.2. The lowest BCUT2D eigenvalue weighted by atomic mass is 10.0. The highest BCUT2D eigenvalue weighted by Crippen LogP contribution is 2.27. The zero-order valence-electron chi connectivity index (χ0n) is 14.4. The van der Waals surface area contributed by atoms with Gasteiger partial charge in [0.1, 0.15) is 29.7 Å². The first-order valence-corrected chi connectivity index (χ1v) is 8.35. The Labute approximate surface area is 147 Å². The molecule has 3 aromatic carbocycles. The molecule has 0 atom stereocenters. The van der Waals surface area contributed by atoms with Crippen LogP contribution in [-0.2, 0) is 6.61 Å². The number of halogens is 1. The van der Waals surface area contributed by atoms with Crippen molar-refractivity contribution < 1.29 is 13.9 Å². The molecule has 0 N–H and O–H groups in total. The third-order valence-corrected chi connectivity index (χ3v) is 3.88. The lowest BCUT2D eigenvalue weighted by Crippen LogP contribution is -1.96. The summed E-state index contributed by atoms with van der Waals surface area (Å²) in [7, 11) is 0. The van der Waals surface area contributed by atoms with Crippen LogP contribution in [0.1, 0.15) is 30.9 Å². The molecule has 0 radical (unpaired) electrons. The van der Waals surface area contributed by atoms with E-state index in [1.807, 2.05) is 42.5 Å². The van der Waals surface area contributed by atoms with Gasteiger partial charge >= 0.3 is 0 Å². The maximum atomic E-state index is 13.2. The Balaban J connectivity index is 1.64. The fraction of sp³-hybridized carbons (Fsp3) is 0.182. The topological polar surface area (TPSA) is 18.5 Å². The molecule has 0 heterocycles. The maximum Gasteiger partial charge on any atom is 0.131 e. The average Bonchev–Trinajstić information content (AvgIpc) is 2.61. The second kappa shape index (κ2) is 7.84. The molecule has 0 amide bonds. The zero-order valence-corrected chi connectivity index (χ0v) is 14.4. The number of hydrogen-bond acceptors (Lipinski definition) is 2. The van der Waals surface area contributed by atoms with E-state index in [1.165, 1.54) is 17.7 Å². The van der Waals surface area contributed by atoms with Gasteiger partial charge in [-0.25, -0.2) is 4.39 Å². The van der Waals surface area contributed by atoms with E-state index in [9.17, 15) is 4.39 Å². The van der Waals surface area contributed by atoms with Crippen molar-refractivity contribution in [2.45, 2.75) is 26.4 Å². The van der Waals surface area contributed by atoms with E-state index in [2.05, 4.69) is 26.0 Å². The first-order chi connectivity index (χ1) is 12.1. The molecule has 3 aromatic rings. The molecule has 0 fully saturated rings. The molecule has 0 spiro atoms. The van der Waals surface area contributed by atoms with Crippen molar-refractivity contribution >= 4 is 0 Å². The van der Waals surface area contributed by atoms with Gasteiger partial charge in [0.25, 0.3) is 0 Å². The highest BCUT2D eigenvalue weighted by atomic mass is 19.1. The summed E-state index contributed by atoms with van der Waals surface area (Å²) >= 11 is 0. The van der Waals surface area contributed by atoms with Crippen LogP contribution >= 0.6 is 0 Å². The van der Waals surface area contributed by atoms with Gasteiger partial charge in [-0.1, -0.05) is 44.2 Å². The predicted molar refractivity (Wildman–Crippen MR) is 97.8 cm³/mol. The van der Waals surface area contributed by atoms with E-state index in [1.54, 1.807) is 6.07 Å². The summed E-state index contributed by atoms with van der Waals surface area (Å²) in [5.74, 6) is 2.40. The third kappa shape index (κ3) is 4.83. The Bertz CT molecular complexity index is 825. The fourth-order valence-electron chi connectivity index (χ4n) is 2.48. The second-order valence-corrected chi connectivity index (χ2v) is 6.22. The summed E-state index contributed by atoms with van der Waals surface area (Å²) in [5.41, 5.74) is 2.06. The summed E-state index contributed by atoms with van der Waals surface area (Å²) in [5, 5.41) is 0. The Kier molecular flexibility index (Phi) is 5.34. The minimum atomic E-state index is -0.261. The smallest absolute Gasteiger partial charge is 0.131 e. The number of rotatable bonds is 6. The molecule has 25 heavy (non-hydrogen) atoms. The third-order valence-electron chi connectivity index (χ3n) is 3.88. The minimum Gasteiger partial charge on any atom is -0.489 e. The van der Waals surface area contributed by atoms with Crippen LogP contribution in [0.3, 0.4) is 0 Å². The number of ether oxygens (including phenoxy) is 2. The summed E-state index contributed by atoms with van der Waals surface area (Å²) in [6.45, 7) is 4.63. The Morgan fingerprint density at radius 3 is 2.24 bits per heavy atom. The van der Waals surface area contributed by atoms with Crippen LogP contribution < -0.4 is 9.47 Å². The highest BCUT2D eigenvalue weighted by molar-refractivity contribution is 5.38. The summed E-state index contributed by atoms with van der Waals surface area (Å²) in [6.07, 6.45) is 0. The van der Waals surface area contributed by atoms with E-state index in [4.69, 9.17) is 9.47 Å². The molecule has 0 aromatic heterocycles. The standard InChI is InChI=1S/C22H21FO2/c1-16(2)18-9-11-20(12-10-18)25-22-8-4-7-21(14-22)24-15-17-5-3-6-19(23)13-17/h3-14,16H,15H2,1-2H3. The number of benzene rings is 3. The van der Waals surface area contributed by atoms with Crippen LogP contribution in [0, 0.1) is 5.82 Å². The number of hydrogen-bond donors (Lipinski definition) is 0. The normalized spacial score (nSPS) is 10.7. The Morgan fingerprint density at radius 1 is 0.800 bits per heavy atom. The fourth-order valence-corrected chi connectivity index (χ4v) is 2.48. The lowest BCUT2D eigenvalue weighted by Gasteiger charge is -2.11. The van der Waals surface area contributed by atoms with Crippen LogP contribution in [-0.4, -0.2) is 0 Å². The van der Waals surface area contributed by atoms with E-state index in [-0.39, 0.29) is 5.82 Å². The second-order valence-electron chi connectivity index (χ2n) is 6.22. The first-order valence-electron chi connectivity index (χ1n) is 8.35. The Morgan fingerprint density at radius 2 is 1.52 bits per heavy atom. The van der Waals surface area contributed by atoms with E-state index in [0.29, 0.717) is 24.0 Å². The van der Waals surface area contributed by atoms with Crippen molar-refractivity contribution in [3.63, 3.8) is 0 Å². The predicted octanol–water partition coefficient (Wildman–Crippen LogP) is 6.32. The van der Waals surface area contributed by atoms with Gasteiger partial charge in [0.15, 0.2) is 0 Å². The molecule has 0 aliphatic carbocycles. The first kappa shape index (κ1) is 17.0. The molecular weight excluding hydrogens is 315 g/mol. The molecule has 0 bridgehead atoms. The molecule has 0 saturated heterocycles. The molecule has 0 saturated carbocycles. The van der Waals surface area contributed by atoms with Gasteiger partial charge in [-0.15, -0.1) is 0 Å². The molecule has 3 rings (SSSR count). The van der Waals surface area contributed by atoms with Crippen molar-refractivity contribution in [1.29, 1.82) is 0 Å². The zero-order chi connectivity index (χ0) is 17.6. The molecule has 0 aliphatic heterocycles. The lowest BCUT2D eigenvalue weighted by molar-refractivity contribution is 0.304. The van der Waals surface area contributed by atoms with E-state index in [0.717, 1.165) is 11.3 Å². The molecular formula is C22H21FO2. The molecule has 0 unspecified atom stereocenters. The van der Waals surface area contributed by atoms with Crippen LogP contribution in [0.5, 0.6) is 17.2 Å².